The Balaban J connectivity index is 2.08. The SMILES string of the molecule is CN(C)c1ccc(/N=N/c2ccc(S(=O)(=O)NCCN)cc2)cc1. The molecule has 2 aromatic carbocycles. The van der Waals surface area contributed by atoms with Gasteiger partial charge in [0.2, 0.25) is 10.0 Å². The number of rotatable bonds is 7. The Morgan fingerprint density at radius 1 is 0.958 bits per heavy atom. The van der Waals surface area contributed by atoms with Gasteiger partial charge >= 0.3 is 0 Å². The predicted octanol–water partition coefficient (Wildman–Crippen LogP) is 2.41. The van der Waals surface area contributed by atoms with Crippen molar-refractivity contribution in [2.45, 2.75) is 4.90 Å². The van der Waals surface area contributed by atoms with Gasteiger partial charge in [-0.15, -0.1) is 0 Å². The van der Waals surface area contributed by atoms with E-state index in [1.54, 1.807) is 12.1 Å². The van der Waals surface area contributed by atoms with E-state index in [4.69, 9.17) is 5.73 Å². The topological polar surface area (TPSA) is 100 Å². The molecule has 8 heteroatoms. The lowest BCUT2D eigenvalue weighted by molar-refractivity contribution is 0.582. The second-order valence-corrected chi connectivity index (χ2v) is 7.06. The molecule has 24 heavy (non-hydrogen) atoms. The molecule has 0 unspecified atom stereocenters. The van der Waals surface area contributed by atoms with Crippen molar-refractivity contribution in [1.82, 2.24) is 4.72 Å². The normalized spacial score (nSPS) is 11.8. The molecule has 128 valence electrons. The molecule has 0 amide bonds. The van der Waals surface area contributed by atoms with Crippen molar-refractivity contribution >= 4 is 27.1 Å². The summed E-state index contributed by atoms with van der Waals surface area (Å²) >= 11 is 0. The minimum atomic E-state index is -3.53. The number of hydrogen-bond acceptors (Lipinski definition) is 6. The highest BCUT2D eigenvalue weighted by Gasteiger charge is 2.12. The Hall–Kier alpha value is -2.29. The third kappa shape index (κ3) is 4.85. The van der Waals surface area contributed by atoms with Gasteiger partial charge in [0.1, 0.15) is 0 Å². The molecule has 0 heterocycles. The molecule has 0 aliphatic carbocycles. The van der Waals surface area contributed by atoms with Crippen LogP contribution in [0.25, 0.3) is 0 Å². The average molecular weight is 347 g/mol. The molecule has 2 aromatic rings. The molecule has 7 nitrogen and oxygen atoms in total. The highest BCUT2D eigenvalue weighted by molar-refractivity contribution is 7.89. The zero-order valence-electron chi connectivity index (χ0n) is 13.7. The zero-order valence-corrected chi connectivity index (χ0v) is 14.5. The highest BCUT2D eigenvalue weighted by atomic mass is 32.2. The Bertz CT molecular complexity index is 784. The molecule has 0 saturated carbocycles. The summed E-state index contributed by atoms with van der Waals surface area (Å²) < 4.78 is 26.3. The third-order valence-corrected chi connectivity index (χ3v) is 4.71. The molecule has 0 atom stereocenters. The highest BCUT2D eigenvalue weighted by Crippen LogP contribution is 2.22. The van der Waals surface area contributed by atoms with Gasteiger partial charge in [-0.25, -0.2) is 13.1 Å². The van der Waals surface area contributed by atoms with Crippen LogP contribution in [0.4, 0.5) is 17.1 Å². The molecule has 0 saturated heterocycles. The van der Waals surface area contributed by atoms with Gasteiger partial charge in [0.05, 0.1) is 16.3 Å². The van der Waals surface area contributed by atoms with E-state index in [1.807, 2.05) is 43.3 Å². The number of hydrogen-bond donors (Lipinski definition) is 2. The van der Waals surface area contributed by atoms with Crippen molar-refractivity contribution in [2.24, 2.45) is 16.0 Å². The summed E-state index contributed by atoms with van der Waals surface area (Å²) in [6.07, 6.45) is 0. The van der Waals surface area contributed by atoms with Gasteiger partial charge in [-0.1, -0.05) is 0 Å². The number of anilines is 1. The Morgan fingerprint density at radius 3 is 1.92 bits per heavy atom. The molecular formula is C16H21N5O2S. The largest absolute Gasteiger partial charge is 0.378 e. The van der Waals surface area contributed by atoms with Gasteiger partial charge in [-0.3, -0.25) is 0 Å². The van der Waals surface area contributed by atoms with E-state index in [0.717, 1.165) is 11.4 Å². The lowest BCUT2D eigenvalue weighted by Gasteiger charge is -2.11. The lowest BCUT2D eigenvalue weighted by Crippen LogP contribution is -2.29. The third-order valence-electron chi connectivity index (χ3n) is 3.23. The maximum absolute atomic E-state index is 11.9. The van der Waals surface area contributed by atoms with Gasteiger partial charge in [-0.2, -0.15) is 10.2 Å². The smallest absolute Gasteiger partial charge is 0.240 e. The fraction of sp³-hybridized carbons (Fsp3) is 0.250. The van der Waals surface area contributed by atoms with Gasteiger partial charge in [0, 0.05) is 32.9 Å². The molecule has 0 fully saturated rings. The fourth-order valence-corrected chi connectivity index (χ4v) is 2.95. The summed E-state index contributed by atoms with van der Waals surface area (Å²) in [6, 6.07) is 13.8. The second kappa shape index (κ2) is 8.00. The molecule has 0 spiro atoms. The Kier molecular flexibility index (Phi) is 6.02. The monoisotopic (exact) mass is 347 g/mol. The number of benzene rings is 2. The number of nitrogens with two attached hydrogens (primary N) is 1. The zero-order chi connectivity index (χ0) is 17.6. The van der Waals surface area contributed by atoms with Crippen LogP contribution >= 0.6 is 0 Å². The van der Waals surface area contributed by atoms with Crippen LogP contribution in [0.2, 0.25) is 0 Å². The first-order valence-electron chi connectivity index (χ1n) is 7.41. The van der Waals surface area contributed by atoms with E-state index in [1.165, 1.54) is 12.1 Å². The summed E-state index contributed by atoms with van der Waals surface area (Å²) in [4.78, 5) is 2.17. The minimum Gasteiger partial charge on any atom is -0.378 e. The van der Waals surface area contributed by atoms with Crippen molar-refractivity contribution in [3.8, 4) is 0 Å². The second-order valence-electron chi connectivity index (χ2n) is 5.29. The lowest BCUT2D eigenvalue weighted by atomic mass is 10.3. The van der Waals surface area contributed by atoms with Crippen LogP contribution < -0.4 is 15.4 Å². The molecular weight excluding hydrogens is 326 g/mol. The molecule has 0 aromatic heterocycles. The average Bonchev–Trinajstić information content (AvgIpc) is 2.59. The van der Waals surface area contributed by atoms with Crippen LogP contribution in [0.1, 0.15) is 0 Å². The van der Waals surface area contributed by atoms with Crippen LogP contribution in [-0.4, -0.2) is 35.6 Å². The van der Waals surface area contributed by atoms with Crippen LogP contribution in [0.5, 0.6) is 0 Å². The first-order chi connectivity index (χ1) is 11.4. The Labute approximate surface area is 142 Å². The van der Waals surface area contributed by atoms with Crippen molar-refractivity contribution in [1.29, 1.82) is 0 Å². The molecule has 0 aliphatic heterocycles. The molecule has 0 bridgehead atoms. The van der Waals surface area contributed by atoms with Crippen molar-refractivity contribution in [3.05, 3.63) is 48.5 Å². The number of sulfonamides is 1. The first-order valence-corrected chi connectivity index (χ1v) is 8.89. The first kappa shape index (κ1) is 18.1. The van der Waals surface area contributed by atoms with Crippen molar-refractivity contribution < 1.29 is 8.42 Å². The summed E-state index contributed by atoms with van der Waals surface area (Å²) in [7, 11) is 0.407. The number of nitrogens with zero attached hydrogens (tertiary/aromatic N) is 3. The van der Waals surface area contributed by atoms with Crippen molar-refractivity contribution in [3.63, 3.8) is 0 Å². The Morgan fingerprint density at radius 2 is 1.46 bits per heavy atom. The predicted molar refractivity (Wildman–Crippen MR) is 95.6 cm³/mol. The van der Waals surface area contributed by atoms with Gasteiger partial charge in [0.25, 0.3) is 0 Å². The minimum absolute atomic E-state index is 0.172. The van der Waals surface area contributed by atoms with E-state index < -0.39 is 10.0 Å². The van der Waals surface area contributed by atoms with Crippen LogP contribution in [-0.2, 0) is 10.0 Å². The summed E-state index contributed by atoms with van der Waals surface area (Å²) in [6.45, 7) is 0.449. The molecule has 3 N–H and O–H groups in total. The van der Waals surface area contributed by atoms with Gasteiger partial charge in [-0.05, 0) is 48.5 Å². The van der Waals surface area contributed by atoms with Gasteiger partial charge in [0.15, 0.2) is 0 Å². The molecule has 0 radical (unpaired) electrons. The summed E-state index contributed by atoms with van der Waals surface area (Å²) in [5.41, 5.74) is 7.68. The molecule has 0 aliphatic rings. The maximum Gasteiger partial charge on any atom is 0.240 e. The van der Waals surface area contributed by atoms with Gasteiger partial charge < -0.3 is 10.6 Å². The summed E-state index contributed by atoms with van der Waals surface area (Å²) in [5, 5.41) is 8.26. The van der Waals surface area contributed by atoms with E-state index in [9.17, 15) is 8.42 Å². The quantitative estimate of drug-likeness (QED) is 0.751. The van der Waals surface area contributed by atoms with E-state index in [-0.39, 0.29) is 18.0 Å². The van der Waals surface area contributed by atoms with E-state index >= 15 is 0 Å². The number of nitrogens with one attached hydrogen (secondary N) is 1. The molecule has 2 rings (SSSR count). The van der Waals surface area contributed by atoms with E-state index in [2.05, 4.69) is 15.0 Å². The van der Waals surface area contributed by atoms with Crippen LogP contribution in [0.15, 0.2) is 63.7 Å². The van der Waals surface area contributed by atoms with Crippen molar-refractivity contribution in [2.75, 3.05) is 32.1 Å². The summed E-state index contributed by atoms with van der Waals surface area (Å²) in [5.74, 6) is 0. The fourth-order valence-electron chi connectivity index (χ4n) is 1.90. The standard InChI is InChI=1S/C16H21N5O2S/c1-21(2)15-7-3-13(4-8-15)19-20-14-5-9-16(10-6-14)24(22,23)18-12-11-17/h3-10,18H,11-12,17H2,1-2H3/b20-19+. The number of azo groups is 1. The van der Waals surface area contributed by atoms with Crippen LogP contribution in [0.3, 0.4) is 0 Å². The maximum atomic E-state index is 11.9. The van der Waals surface area contributed by atoms with Crippen LogP contribution in [0, 0.1) is 0 Å². The van der Waals surface area contributed by atoms with E-state index in [0.29, 0.717) is 5.69 Å².